The molecule has 0 saturated carbocycles. The summed E-state index contributed by atoms with van der Waals surface area (Å²) in [4.78, 5) is 21.2. The number of rotatable bonds is 5. The van der Waals surface area contributed by atoms with Gasteiger partial charge in [-0.05, 0) is 18.2 Å². The summed E-state index contributed by atoms with van der Waals surface area (Å²) in [5.74, 6) is -2.03. The van der Waals surface area contributed by atoms with Gasteiger partial charge in [0.05, 0.1) is 17.8 Å². The number of likely N-dealkylation sites (N-methyl/N-ethyl adjacent to an activating group) is 1. The van der Waals surface area contributed by atoms with Crippen molar-refractivity contribution >= 4 is 27.6 Å². The average molecular weight is 287 g/mol. The molecule has 0 unspecified atom stereocenters. The van der Waals surface area contributed by atoms with Gasteiger partial charge in [-0.15, -0.1) is 0 Å². The number of aromatic carboxylic acids is 1. The number of nitrogen functional groups attached to an aromatic ring is 1. The van der Waals surface area contributed by atoms with Gasteiger partial charge in [0.25, 0.3) is 0 Å². The van der Waals surface area contributed by atoms with Crippen molar-refractivity contribution in [1.82, 2.24) is 4.31 Å². The van der Waals surface area contributed by atoms with Gasteiger partial charge in [-0.1, -0.05) is 0 Å². The van der Waals surface area contributed by atoms with Crippen LogP contribution in [0.15, 0.2) is 23.1 Å². The maximum absolute atomic E-state index is 12.1. The third-order valence-corrected chi connectivity index (χ3v) is 4.20. The number of sulfonamides is 1. The van der Waals surface area contributed by atoms with E-state index >= 15 is 0 Å². The molecule has 0 bridgehead atoms. The van der Waals surface area contributed by atoms with Crippen LogP contribution in [0.4, 0.5) is 5.69 Å². The quantitative estimate of drug-likeness (QED) is 0.597. The zero-order valence-corrected chi connectivity index (χ0v) is 10.8. The minimum atomic E-state index is -3.99. The molecule has 0 spiro atoms. The van der Waals surface area contributed by atoms with Gasteiger partial charge < -0.3 is 16.6 Å². The molecule has 104 valence electrons. The van der Waals surface area contributed by atoms with Crippen LogP contribution in [0.25, 0.3) is 0 Å². The summed E-state index contributed by atoms with van der Waals surface area (Å²) in [5.41, 5.74) is 10.1. The lowest BCUT2D eigenvalue weighted by Crippen LogP contribution is -2.35. The fourth-order valence-corrected chi connectivity index (χ4v) is 2.62. The zero-order valence-electron chi connectivity index (χ0n) is 10.0. The second-order valence-electron chi connectivity index (χ2n) is 3.79. The monoisotopic (exact) mass is 287 g/mol. The number of benzene rings is 1. The van der Waals surface area contributed by atoms with E-state index in [0.29, 0.717) is 0 Å². The number of anilines is 1. The van der Waals surface area contributed by atoms with E-state index in [1.165, 1.54) is 7.05 Å². The highest BCUT2D eigenvalue weighted by Crippen LogP contribution is 2.22. The molecule has 0 aliphatic heterocycles. The molecule has 0 aromatic heterocycles. The molecule has 0 fully saturated rings. The van der Waals surface area contributed by atoms with Gasteiger partial charge >= 0.3 is 5.97 Å². The molecule has 5 N–H and O–H groups in total. The fourth-order valence-electron chi connectivity index (χ4n) is 1.39. The summed E-state index contributed by atoms with van der Waals surface area (Å²) < 4.78 is 24.9. The molecule has 0 saturated heterocycles. The first-order chi connectivity index (χ1) is 8.66. The van der Waals surface area contributed by atoms with Gasteiger partial charge in [-0.3, -0.25) is 4.79 Å². The Balaban J connectivity index is 3.22. The van der Waals surface area contributed by atoms with E-state index in [1.54, 1.807) is 0 Å². The smallest absolute Gasteiger partial charge is 0.335 e. The summed E-state index contributed by atoms with van der Waals surface area (Å²) >= 11 is 0. The van der Waals surface area contributed by atoms with Gasteiger partial charge in [0.15, 0.2) is 0 Å². The first-order valence-electron chi connectivity index (χ1n) is 5.03. The molecule has 9 heteroatoms. The molecular weight excluding hydrogens is 274 g/mol. The number of primary amides is 1. The van der Waals surface area contributed by atoms with Gasteiger partial charge in [0.1, 0.15) is 4.90 Å². The molecule has 1 aromatic rings. The molecule has 1 amide bonds. The van der Waals surface area contributed by atoms with Gasteiger partial charge in [0.2, 0.25) is 15.9 Å². The lowest BCUT2D eigenvalue weighted by Gasteiger charge is -2.16. The van der Waals surface area contributed by atoms with Crippen LogP contribution in [0.5, 0.6) is 0 Å². The number of carbonyl (C=O) groups is 2. The van der Waals surface area contributed by atoms with E-state index in [-0.39, 0.29) is 16.1 Å². The molecule has 19 heavy (non-hydrogen) atoms. The number of hydrogen-bond donors (Lipinski definition) is 3. The zero-order chi connectivity index (χ0) is 14.8. The fraction of sp³-hybridized carbons (Fsp3) is 0.200. The normalized spacial score (nSPS) is 11.5. The van der Waals surface area contributed by atoms with E-state index in [1.807, 2.05) is 0 Å². The Labute approximate surface area is 109 Å². The number of nitrogens with two attached hydrogens (primary N) is 2. The predicted octanol–water partition coefficient (Wildman–Crippen LogP) is -0.927. The summed E-state index contributed by atoms with van der Waals surface area (Å²) in [7, 11) is -2.82. The maximum Gasteiger partial charge on any atom is 0.335 e. The van der Waals surface area contributed by atoms with Crippen molar-refractivity contribution in [2.24, 2.45) is 5.73 Å². The number of nitrogens with zero attached hydrogens (tertiary/aromatic N) is 1. The average Bonchev–Trinajstić information content (AvgIpc) is 2.27. The van der Waals surface area contributed by atoms with E-state index in [2.05, 4.69) is 0 Å². The molecular formula is C10H13N3O5S. The van der Waals surface area contributed by atoms with Gasteiger partial charge in [0, 0.05) is 7.05 Å². The first-order valence-corrected chi connectivity index (χ1v) is 6.47. The SMILES string of the molecule is CN(CC(N)=O)S(=O)(=O)c1ccc(C(=O)O)cc1N. The van der Waals surface area contributed by atoms with Gasteiger partial charge in [-0.25, -0.2) is 13.2 Å². The molecule has 0 heterocycles. The molecule has 1 aromatic carbocycles. The van der Waals surface area contributed by atoms with Crippen LogP contribution >= 0.6 is 0 Å². The second-order valence-corrected chi connectivity index (χ2v) is 5.80. The molecule has 1 rings (SSSR count). The molecule has 0 aliphatic rings. The minimum absolute atomic E-state index is 0.131. The van der Waals surface area contributed by atoms with Crippen molar-refractivity contribution in [3.8, 4) is 0 Å². The van der Waals surface area contributed by atoms with Crippen molar-refractivity contribution in [2.75, 3.05) is 19.3 Å². The van der Waals surface area contributed by atoms with Crippen molar-refractivity contribution in [3.63, 3.8) is 0 Å². The lowest BCUT2D eigenvalue weighted by atomic mass is 10.2. The van der Waals surface area contributed by atoms with Crippen molar-refractivity contribution in [3.05, 3.63) is 23.8 Å². The Morgan fingerprint density at radius 2 is 1.95 bits per heavy atom. The Bertz CT molecular complexity index is 626. The second kappa shape index (κ2) is 5.24. The number of carboxylic acids is 1. The summed E-state index contributed by atoms with van der Waals surface area (Å²) in [5, 5.41) is 8.75. The van der Waals surface area contributed by atoms with Crippen LogP contribution in [0, 0.1) is 0 Å². The largest absolute Gasteiger partial charge is 0.478 e. The Morgan fingerprint density at radius 1 is 1.37 bits per heavy atom. The molecule has 0 atom stereocenters. The summed E-state index contributed by atoms with van der Waals surface area (Å²) in [6.45, 7) is -0.498. The summed E-state index contributed by atoms with van der Waals surface area (Å²) in [6.07, 6.45) is 0. The van der Waals surface area contributed by atoms with E-state index in [0.717, 1.165) is 22.5 Å². The maximum atomic E-state index is 12.1. The topological polar surface area (TPSA) is 144 Å². The van der Waals surface area contributed by atoms with Crippen LogP contribution in [0.1, 0.15) is 10.4 Å². The van der Waals surface area contributed by atoms with Crippen LogP contribution in [0.3, 0.4) is 0 Å². The van der Waals surface area contributed by atoms with Crippen LogP contribution < -0.4 is 11.5 Å². The van der Waals surface area contributed by atoms with Gasteiger partial charge in [-0.2, -0.15) is 4.31 Å². The Morgan fingerprint density at radius 3 is 2.37 bits per heavy atom. The number of hydrogen-bond acceptors (Lipinski definition) is 5. The molecule has 0 aliphatic carbocycles. The number of carboxylic acid groups (broad SMARTS) is 1. The first kappa shape index (κ1) is 14.9. The van der Waals surface area contributed by atoms with E-state index in [9.17, 15) is 18.0 Å². The van der Waals surface area contributed by atoms with Crippen LogP contribution in [-0.2, 0) is 14.8 Å². The highest BCUT2D eigenvalue weighted by Gasteiger charge is 2.25. The van der Waals surface area contributed by atoms with Crippen molar-refractivity contribution in [2.45, 2.75) is 4.90 Å². The van der Waals surface area contributed by atoms with Crippen LogP contribution in [0.2, 0.25) is 0 Å². The number of carbonyl (C=O) groups excluding carboxylic acids is 1. The third-order valence-electron chi connectivity index (χ3n) is 2.32. The molecule has 8 nitrogen and oxygen atoms in total. The predicted molar refractivity (Wildman–Crippen MR) is 66.8 cm³/mol. The molecule has 0 radical (unpaired) electrons. The Kier molecular flexibility index (Phi) is 4.12. The van der Waals surface area contributed by atoms with Crippen molar-refractivity contribution < 1.29 is 23.1 Å². The highest BCUT2D eigenvalue weighted by atomic mass is 32.2. The standard InChI is InChI=1S/C10H13N3O5S/c1-13(5-9(12)14)19(17,18)8-3-2-6(10(15)16)4-7(8)11/h2-4H,5,11H2,1H3,(H2,12,14)(H,15,16). The minimum Gasteiger partial charge on any atom is -0.478 e. The van der Waals surface area contributed by atoms with Crippen molar-refractivity contribution in [1.29, 1.82) is 0 Å². The van der Waals surface area contributed by atoms with E-state index < -0.39 is 28.4 Å². The number of amides is 1. The lowest BCUT2D eigenvalue weighted by molar-refractivity contribution is -0.118. The summed E-state index contributed by atoms with van der Waals surface area (Å²) in [6, 6.07) is 3.22. The highest BCUT2D eigenvalue weighted by molar-refractivity contribution is 7.89. The van der Waals surface area contributed by atoms with Crippen LogP contribution in [-0.4, -0.2) is 43.3 Å². The third kappa shape index (κ3) is 3.20. The van der Waals surface area contributed by atoms with E-state index in [4.69, 9.17) is 16.6 Å². The Hall–Kier alpha value is -2.13.